The SMILES string of the molecule is COc1ccccc1C(=O)NCC1(c2ccccc2)CCC(OC(=O)NCCC[P+](c2ccccc2)(c2ccccc2)c2ccccc2)CC1.[I-]. The van der Waals surface area contributed by atoms with E-state index in [0.717, 1.165) is 38.3 Å². The molecule has 0 saturated heterocycles. The van der Waals surface area contributed by atoms with E-state index in [9.17, 15) is 9.59 Å². The molecule has 5 aromatic rings. The summed E-state index contributed by atoms with van der Waals surface area (Å²) in [5.74, 6) is 0.392. The van der Waals surface area contributed by atoms with Crippen LogP contribution in [0.3, 0.4) is 0 Å². The van der Waals surface area contributed by atoms with Gasteiger partial charge in [0.15, 0.2) is 0 Å². The third-order valence-electron chi connectivity index (χ3n) is 10.0. The molecule has 1 aliphatic rings. The normalized spacial score (nSPS) is 17.0. The minimum absolute atomic E-state index is 0. The Morgan fingerprint density at radius 3 is 1.71 bits per heavy atom. The van der Waals surface area contributed by atoms with Crippen molar-refractivity contribution in [2.45, 2.75) is 43.6 Å². The number of methoxy groups -OCH3 is 1. The zero-order valence-corrected chi connectivity index (χ0v) is 32.1. The Morgan fingerprint density at radius 2 is 1.18 bits per heavy atom. The number of hydrogen-bond donors (Lipinski definition) is 2. The second-order valence-corrected chi connectivity index (χ2v) is 16.6. The summed E-state index contributed by atoms with van der Waals surface area (Å²) in [6, 6.07) is 50.0. The minimum Gasteiger partial charge on any atom is -1.00 e. The molecule has 0 radical (unpaired) electrons. The number of nitrogens with one attached hydrogen (secondary N) is 2. The van der Waals surface area contributed by atoms with Gasteiger partial charge in [0.2, 0.25) is 0 Å². The predicted molar refractivity (Wildman–Crippen MR) is 205 cm³/mol. The first-order chi connectivity index (χ1) is 24.5. The topological polar surface area (TPSA) is 76.7 Å². The number of carbonyl (C=O) groups excluding carboxylic acids is 2. The molecule has 5 aromatic carbocycles. The average Bonchev–Trinajstić information content (AvgIpc) is 3.19. The van der Waals surface area contributed by atoms with Crippen molar-refractivity contribution in [2.75, 3.05) is 26.4 Å². The summed E-state index contributed by atoms with van der Waals surface area (Å²) >= 11 is 0. The van der Waals surface area contributed by atoms with Crippen LogP contribution >= 0.6 is 7.26 Å². The molecule has 0 spiro atoms. The molecular formula is C43H46IN2O4P. The second kappa shape index (κ2) is 18.3. The third-order valence-corrected chi connectivity index (χ3v) is 14.5. The fraction of sp³-hybridized carbons (Fsp3) is 0.256. The lowest BCUT2D eigenvalue weighted by Crippen LogP contribution is -3.00. The number of halogens is 1. The van der Waals surface area contributed by atoms with Crippen LogP contribution in [-0.4, -0.2) is 44.5 Å². The van der Waals surface area contributed by atoms with Crippen molar-refractivity contribution < 1.29 is 43.0 Å². The molecule has 264 valence electrons. The maximum absolute atomic E-state index is 13.2. The van der Waals surface area contributed by atoms with E-state index in [-0.39, 0.29) is 47.5 Å². The molecule has 0 bridgehead atoms. The molecule has 0 aliphatic heterocycles. The lowest BCUT2D eigenvalue weighted by Gasteiger charge is -2.40. The van der Waals surface area contributed by atoms with Crippen LogP contribution < -0.4 is 55.3 Å². The van der Waals surface area contributed by atoms with Gasteiger partial charge in [0, 0.05) is 18.5 Å². The van der Waals surface area contributed by atoms with E-state index in [2.05, 4.69) is 114 Å². The minimum atomic E-state index is -1.96. The van der Waals surface area contributed by atoms with E-state index in [4.69, 9.17) is 9.47 Å². The van der Waals surface area contributed by atoms with Gasteiger partial charge in [-0.3, -0.25) is 4.79 Å². The Kier molecular flexibility index (Phi) is 13.7. The molecule has 0 unspecified atom stereocenters. The fourth-order valence-electron chi connectivity index (χ4n) is 7.38. The van der Waals surface area contributed by atoms with Crippen molar-refractivity contribution in [1.82, 2.24) is 10.6 Å². The molecule has 1 saturated carbocycles. The molecule has 1 aliphatic carbocycles. The molecule has 8 heteroatoms. The Labute approximate surface area is 319 Å². The van der Waals surface area contributed by atoms with E-state index in [1.165, 1.54) is 21.5 Å². The Morgan fingerprint density at radius 1 is 0.686 bits per heavy atom. The summed E-state index contributed by atoms with van der Waals surface area (Å²) < 4.78 is 11.4. The van der Waals surface area contributed by atoms with Crippen molar-refractivity contribution in [2.24, 2.45) is 0 Å². The summed E-state index contributed by atoms with van der Waals surface area (Å²) in [6.07, 6.45) is 4.22. The first kappa shape index (κ1) is 38.0. The van der Waals surface area contributed by atoms with Gasteiger partial charge in [-0.05, 0) is 86.2 Å². The molecular weight excluding hydrogens is 766 g/mol. The standard InChI is InChI=1S/C43H45N2O4P.HI/c1-48-40-26-15-14-25-39(40)41(46)45-33-43(34-17-6-2-7-18-34)29-27-35(28-30-43)49-42(47)44-31-16-32-50(36-19-8-3-9-20-36,37-21-10-4-11-22-37)38-23-12-5-13-24-38;/h2-15,17-26,35H,16,27-33H2,1H3,(H-,44,45,46,47);1H. The van der Waals surface area contributed by atoms with Crippen LogP contribution in [0.5, 0.6) is 5.75 Å². The summed E-state index contributed by atoms with van der Waals surface area (Å²) in [5, 5.41) is 10.3. The van der Waals surface area contributed by atoms with Crippen LogP contribution in [0.2, 0.25) is 0 Å². The van der Waals surface area contributed by atoms with Crippen molar-refractivity contribution in [3.8, 4) is 5.75 Å². The fourth-order valence-corrected chi connectivity index (χ4v) is 11.7. The highest BCUT2D eigenvalue weighted by Gasteiger charge is 2.44. The summed E-state index contributed by atoms with van der Waals surface area (Å²) in [5.41, 5.74) is 1.45. The van der Waals surface area contributed by atoms with Gasteiger partial charge >= 0.3 is 6.09 Å². The summed E-state index contributed by atoms with van der Waals surface area (Å²) in [7, 11) is -0.386. The van der Waals surface area contributed by atoms with Gasteiger partial charge < -0.3 is 44.1 Å². The third kappa shape index (κ3) is 9.00. The molecule has 0 heterocycles. The molecule has 6 nitrogen and oxygen atoms in total. The maximum atomic E-state index is 13.2. The first-order valence-electron chi connectivity index (χ1n) is 17.5. The molecule has 2 N–H and O–H groups in total. The van der Waals surface area contributed by atoms with Crippen LogP contribution in [0, 0.1) is 0 Å². The highest BCUT2D eigenvalue weighted by molar-refractivity contribution is 7.95. The van der Waals surface area contributed by atoms with Gasteiger partial charge in [0.1, 0.15) is 35.0 Å². The van der Waals surface area contributed by atoms with Crippen LogP contribution in [0.25, 0.3) is 0 Å². The molecule has 0 atom stereocenters. The van der Waals surface area contributed by atoms with Crippen molar-refractivity contribution in [3.63, 3.8) is 0 Å². The second-order valence-electron chi connectivity index (χ2n) is 13.0. The molecule has 0 aromatic heterocycles. The number of hydrogen-bond acceptors (Lipinski definition) is 4. The zero-order chi connectivity index (χ0) is 34.7. The predicted octanol–water partition coefficient (Wildman–Crippen LogP) is 4.42. The van der Waals surface area contributed by atoms with Gasteiger partial charge in [0.05, 0.1) is 18.8 Å². The van der Waals surface area contributed by atoms with Crippen molar-refractivity contribution in [1.29, 1.82) is 0 Å². The quantitative estimate of drug-likeness (QED) is 0.105. The van der Waals surface area contributed by atoms with Gasteiger partial charge in [0.25, 0.3) is 5.91 Å². The van der Waals surface area contributed by atoms with Gasteiger partial charge in [-0.25, -0.2) is 4.79 Å². The first-order valence-corrected chi connectivity index (χ1v) is 19.5. The largest absolute Gasteiger partial charge is 1.00 e. The summed E-state index contributed by atoms with van der Waals surface area (Å²) in [6.45, 7) is 1.02. The van der Waals surface area contributed by atoms with E-state index in [1.54, 1.807) is 19.2 Å². The molecule has 51 heavy (non-hydrogen) atoms. The van der Waals surface area contributed by atoms with E-state index < -0.39 is 7.26 Å². The van der Waals surface area contributed by atoms with Gasteiger partial charge in [-0.15, -0.1) is 0 Å². The number of rotatable bonds is 13. The van der Waals surface area contributed by atoms with Crippen molar-refractivity contribution >= 4 is 35.2 Å². The van der Waals surface area contributed by atoms with Crippen molar-refractivity contribution in [3.05, 3.63) is 157 Å². The van der Waals surface area contributed by atoms with Crippen LogP contribution in [0.4, 0.5) is 4.79 Å². The number of ether oxygens (including phenoxy) is 2. The maximum Gasteiger partial charge on any atom is 0.407 e. The number of benzene rings is 5. The number of alkyl carbamates (subject to hydrolysis) is 1. The smallest absolute Gasteiger partial charge is 0.407 e. The van der Waals surface area contributed by atoms with E-state index in [0.29, 0.717) is 24.4 Å². The van der Waals surface area contributed by atoms with E-state index in [1.807, 2.05) is 30.3 Å². The van der Waals surface area contributed by atoms with E-state index >= 15 is 0 Å². The van der Waals surface area contributed by atoms with Crippen LogP contribution in [0.1, 0.15) is 48.0 Å². The lowest BCUT2D eigenvalue weighted by atomic mass is 9.68. The number of amides is 2. The Bertz CT molecular complexity index is 1720. The number of carbonyl (C=O) groups is 2. The van der Waals surface area contributed by atoms with Crippen LogP contribution in [0.15, 0.2) is 146 Å². The van der Waals surface area contributed by atoms with Gasteiger partial charge in [-0.2, -0.15) is 0 Å². The summed E-state index contributed by atoms with van der Waals surface area (Å²) in [4.78, 5) is 26.3. The molecule has 1 fully saturated rings. The number of para-hydroxylation sites is 1. The molecule has 6 rings (SSSR count). The Balaban J connectivity index is 0.00000504. The zero-order valence-electron chi connectivity index (χ0n) is 29.0. The lowest BCUT2D eigenvalue weighted by molar-refractivity contribution is -0.0000304. The highest BCUT2D eigenvalue weighted by Crippen LogP contribution is 2.55. The highest BCUT2D eigenvalue weighted by atomic mass is 127. The van der Waals surface area contributed by atoms with Gasteiger partial charge in [-0.1, -0.05) is 97.1 Å². The monoisotopic (exact) mass is 812 g/mol. The Hall–Kier alpha value is -4.20. The molecule has 2 amide bonds. The average molecular weight is 813 g/mol. The van der Waals surface area contributed by atoms with Crippen LogP contribution in [-0.2, 0) is 10.2 Å².